The fraction of sp³-hybridized carbons (Fsp3) is 0.300. The summed E-state index contributed by atoms with van der Waals surface area (Å²) in [5.41, 5.74) is 0.619. The summed E-state index contributed by atoms with van der Waals surface area (Å²) in [4.78, 5) is 11.7. The molecule has 0 bridgehead atoms. The fourth-order valence-electron chi connectivity index (χ4n) is 1.09. The van der Waals surface area contributed by atoms with Crippen molar-refractivity contribution in [3.05, 3.63) is 23.8 Å². The van der Waals surface area contributed by atoms with E-state index in [9.17, 15) is 4.79 Å². The van der Waals surface area contributed by atoms with E-state index in [1.165, 1.54) is 0 Å². The van der Waals surface area contributed by atoms with Crippen LogP contribution in [0.4, 0.5) is 0 Å². The lowest BCUT2D eigenvalue weighted by atomic mass is 10.2. The van der Waals surface area contributed by atoms with Crippen molar-refractivity contribution in [3.63, 3.8) is 0 Å². The van der Waals surface area contributed by atoms with Crippen molar-refractivity contribution >= 4 is 18.0 Å². The third kappa shape index (κ3) is 2.25. The molecule has 0 aliphatic carbocycles. The Labute approximate surface area is 82.3 Å². The van der Waals surface area contributed by atoms with E-state index in [4.69, 9.17) is 4.74 Å². The molecule has 0 aliphatic rings. The summed E-state index contributed by atoms with van der Waals surface area (Å²) in [6.07, 6.45) is 2.79. The molecule has 3 heteroatoms. The number of hydrogen-bond acceptors (Lipinski definition) is 3. The molecule has 0 heterocycles. The van der Waals surface area contributed by atoms with Crippen LogP contribution in [0.1, 0.15) is 17.3 Å². The molecule has 0 radical (unpaired) electrons. The van der Waals surface area contributed by atoms with Crippen molar-refractivity contribution in [1.82, 2.24) is 0 Å². The predicted molar refractivity (Wildman–Crippen MR) is 54.8 cm³/mol. The second-order valence-corrected chi connectivity index (χ2v) is 3.28. The van der Waals surface area contributed by atoms with Gasteiger partial charge in [0.25, 0.3) is 0 Å². The number of thioether (sulfide) groups is 1. The Kier molecular flexibility index (Phi) is 3.83. The normalized spacial score (nSPS) is 9.69. The Morgan fingerprint density at radius 2 is 2.31 bits per heavy atom. The van der Waals surface area contributed by atoms with Crippen LogP contribution in [0.3, 0.4) is 0 Å². The van der Waals surface area contributed by atoms with Gasteiger partial charge in [-0.3, -0.25) is 4.79 Å². The van der Waals surface area contributed by atoms with E-state index in [1.54, 1.807) is 17.8 Å². The van der Waals surface area contributed by atoms with Crippen LogP contribution in [0.5, 0.6) is 5.75 Å². The average Bonchev–Trinajstić information content (AvgIpc) is 2.18. The third-order valence-corrected chi connectivity index (χ3v) is 2.41. The molecule has 0 aliphatic heterocycles. The van der Waals surface area contributed by atoms with Gasteiger partial charge in [0.1, 0.15) is 5.75 Å². The number of hydrogen-bond donors (Lipinski definition) is 0. The minimum atomic E-state index is 0.582. The van der Waals surface area contributed by atoms with Crippen LogP contribution in [0.2, 0.25) is 0 Å². The van der Waals surface area contributed by atoms with Crippen LogP contribution in [-0.4, -0.2) is 19.1 Å². The number of ether oxygens (including phenoxy) is 1. The van der Waals surface area contributed by atoms with Gasteiger partial charge < -0.3 is 4.74 Å². The van der Waals surface area contributed by atoms with Gasteiger partial charge >= 0.3 is 0 Å². The van der Waals surface area contributed by atoms with E-state index in [0.717, 1.165) is 11.2 Å². The predicted octanol–water partition coefficient (Wildman–Crippen LogP) is 2.62. The topological polar surface area (TPSA) is 26.3 Å². The highest BCUT2D eigenvalue weighted by Crippen LogP contribution is 2.30. The molecule has 1 aromatic carbocycles. The molecule has 0 aromatic heterocycles. The van der Waals surface area contributed by atoms with Crippen molar-refractivity contribution in [3.8, 4) is 5.75 Å². The number of carbonyl (C=O) groups excluding carboxylic acids is 1. The molecule has 70 valence electrons. The maximum absolute atomic E-state index is 10.7. The van der Waals surface area contributed by atoms with Crippen LogP contribution >= 0.6 is 11.8 Å². The maximum atomic E-state index is 10.7. The monoisotopic (exact) mass is 196 g/mol. The minimum Gasteiger partial charge on any atom is -0.492 e. The van der Waals surface area contributed by atoms with E-state index < -0.39 is 0 Å². The average molecular weight is 196 g/mol. The Bertz CT molecular complexity index is 297. The number of benzene rings is 1. The van der Waals surface area contributed by atoms with Gasteiger partial charge in [0, 0.05) is 4.90 Å². The second kappa shape index (κ2) is 4.92. The number of carbonyl (C=O) groups is 1. The minimum absolute atomic E-state index is 0.582. The van der Waals surface area contributed by atoms with Gasteiger partial charge in [-0.25, -0.2) is 0 Å². The summed E-state index contributed by atoms with van der Waals surface area (Å²) in [5, 5.41) is 0. The Morgan fingerprint density at radius 1 is 1.54 bits per heavy atom. The van der Waals surface area contributed by atoms with E-state index in [0.29, 0.717) is 17.9 Å². The van der Waals surface area contributed by atoms with Gasteiger partial charge in [0.05, 0.1) is 12.2 Å². The quantitative estimate of drug-likeness (QED) is 0.547. The molecule has 1 aromatic rings. The molecular weight excluding hydrogens is 184 g/mol. The standard InChI is InChI=1S/C10H12O2S/c1-3-12-10-8(7-11)5-4-6-9(10)13-2/h4-7H,3H2,1-2H3. The van der Waals surface area contributed by atoms with E-state index >= 15 is 0 Å². The molecule has 0 amide bonds. The summed E-state index contributed by atoms with van der Waals surface area (Å²) >= 11 is 1.58. The van der Waals surface area contributed by atoms with Crippen LogP contribution in [0.25, 0.3) is 0 Å². The first-order valence-corrected chi connectivity index (χ1v) is 5.31. The second-order valence-electron chi connectivity index (χ2n) is 2.43. The molecule has 1 rings (SSSR count). The Hall–Kier alpha value is -0.960. The summed E-state index contributed by atoms with van der Waals surface area (Å²) in [6, 6.07) is 5.57. The molecule has 0 atom stereocenters. The molecule has 0 fully saturated rings. The van der Waals surface area contributed by atoms with Gasteiger partial charge in [0.2, 0.25) is 0 Å². The van der Waals surface area contributed by atoms with Gasteiger partial charge in [-0.1, -0.05) is 6.07 Å². The number of rotatable bonds is 4. The highest BCUT2D eigenvalue weighted by atomic mass is 32.2. The zero-order chi connectivity index (χ0) is 9.68. The summed E-state index contributed by atoms with van der Waals surface area (Å²) in [5.74, 6) is 0.701. The summed E-state index contributed by atoms with van der Waals surface area (Å²) in [6.45, 7) is 2.49. The molecule has 0 saturated heterocycles. The van der Waals surface area contributed by atoms with E-state index in [-0.39, 0.29) is 0 Å². The molecule has 2 nitrogen and oxygen atoms in total. The van der Waals surface area contributed by atoms with Crippen molar-refractivity contribution in [2.75, 3.05) is 12.9 Å². The largest absolute Gasteiger partial charge is 0.492 e. The van der Waals surface area contributed by atoms with Gasteiger partial charge in [-0.2, -0.15) is 0 Å². The third-order valence-electron chi connectivity index (χ3n) is 1.64. The summed E-state index contributed by atoms with van der Waals surface area (Å²) < 4.78 is 5.40. The van der Waals surface area contributed by atoms with Crippen molar-refractivity contribution < 1.29 is 9.53 Å². The van der Waals surface area contributed by atoms with E-state index in [2.05, 4.69) is 0 Å². The first-order valence-electron chi connectivity index (χ1n) is 4.08. The van der Waals surface area contributed by atoms with Crippen LogP contribution in [-0.2, 0) is 0 Å². The molecule has 0 N–H and O–H groups in total. The molecule has 0 unspecified atom stereocenters. The lowest BCUT2D eigenvalue weighted by molar-refractivity contribution is 0.111. The van der Waals surface area contributed by atoms with Gasteiger partial charge in [-0.15, -0.1) is 11.8 Å². The van der Waals surface area contributed by atoms with Crippen molar-refractivity contribution in [2.45, 2.75) is 11.8 Å². The summed E-state index contributed by atoms with van der Waals surface area (Å²) in [7, 11) is 0. The number of aldehydes is 1. The lowest BCUT2D eigenvalue weighted by Gasteiger charge is -2.09. The van der Waals surface area contributed by atoms with Crippen LogP contribution < -0.4 is 4.74 Å². The number of para-hydroxylation sites is 1. The zero-order valence-corrected chi connectivity index (χ0v) is 8.56. The fourth-order valence-corrected chi connectivity index (χ4v) is 1.66. The highest BCUT2D eigenvalue weighted by molar-refractivity contribution is 7.98. The van der Waals surface area contributed by atoms with Gasteiger partial charge in [0.15, 0.2) is 6.29 Å². The maximum Gasteiger partial charge on any atom is 0.153 e. The lowest BCUT2D eigenvalue weighted by Crippen LogP contribution is -1.97. The first kappa shape index (κ1) is 10.1. The molecule has 0 saturated carbocycles. The van der Waals surface area contributed by atoms with Crippen LogP contribution in [0.15, 0.2) is 23.1 Å². The van der Waals surface area contributed by atoms with E-state index in [1.807, 2.05) is 25.3 Å². The molecule has 0 spiro atoms. The Balaban J connectivity index is 3.12. The Morgan fingerprint density at radius 3 is 2.85 bits per heavy atom. The SMILES string of the molecule is CCOc1c(C=O)cccc1SC. The first-order chi connectivity index (χ1) is 6.33. The highest BCUT2D eigenvalue weighted by Gasteiger charge is 2.07. The van der Waals surface area contributed by atoms with Crippen LogP contribution in [0, 0.1) is 0 Å². The molecule has 13 heavy (non-hydrogen) atoms. The smallest absolute Gasteiger partial charge is 0.153 e. The van der Waals surface area contributed by atoms with Gasteiger partial charge in [-0.05, 0) is 25.3 Å². The van der Waals surface area contributed by atoms with Crippen molar-refractivity contribution in [1.29, 1.82) is 0 Å². The zero-order valence-electron chi connectivity index (χ0n) is 7.74. The molecular formula is C10H12O2S. The van der Waals surface area contributed by atoms with Crippen molar-refractivity contribution in [2.24, 2.45) is 0 Å².